The molecule has 1 spiro atoms. The zero-order valence-corrected chi connectivity index (χ0v) is 12.5. The van der Waals surface area contributed by atoms with Crippen LogP contribution in [0, 0.1) is 5.41 Å². The largest absolute Gasteiger partial charge is 0.494 e. The fourth-order valence-electron chi connectivity index (χ4n) is 3.69. The maximum absolute atomic E-state index is 5.59. The maximum atomic E-state index is 5.59. The van der Waals surface area contributed by atoms with Crippen molar-refractivity contribution in [2.45, 2.75) is 32.7 Å². The van der Waals surface area contributed by atoms with Crippen LogP contribution in [0.15, 0.2) is 24.3 Å². The fourth-order valence-corrected chi connectivity index (χ4v) is 3.69. The molecule has 0 unspecified atom stereocenters. The number of hydrogen-bond acceptors (Lipinski definition) is 3. The van der Waals surface area contributed by atoms with E-state index in [4.69, 9.17) is 4.74 Å². The van der Waals surface area contributed by atoms with Gasteiger partial charge in [-0.3, -0.25) is 4.90 Å². The molecule has 0 aliphatic carbocycles. The second kappa shape index (κ2) is 6.15. The van der Waals surface area contributed by atoms with Crippen molar-refractivity contribution in [3.05, 3.63) is 29.8 Å². The van der Waals surface area contributed by atoms with Gasteiger partial charge in [-0.2, -0.15) is 0 Å². The molecule has 2 aliphatic rings. The van der Waals surface area contributed by atoms with Crippen LogP contribution < -0.4 is 10.1 Å². The average Bonchev–Trinajstić information content (AvgIpc) is 2.83. The molecule has 1 aromatic rings. The lowest BCUT2D eigenvalue weighted by molar-refractivity contribution is 0.194. The molecule has 110 valence electrons. The van der Waals surface area contributed by atoms with Gasteiger partial charge in [-0.25, -0.2) is 0 Å². The van der Waals surface area contributed by atoms with Gasteiger partial charge in [0.1, 0.15) is 5.75 Å². The monoisotopic (exact) mass is 274 g/mol. The SMILES string of the molecule is CCOc1cccc(CN2CCC3(CCNCC3)C2)c1. The van der Waals surface area contributed by atoms with Crippen molar-refractivity contribution in [3.8, 4) is 5.75 Å². The summed E-state index contributed by atoms with van der Waals surface area (Å²) in [7, 11) is 0. The van der Waals surface area contributed by atoms with Gasteiger partial charge in [0.05, 0.1) is 6.61 Å². The third-order valence-corrected chi connectivity index (χ3v) is 4.80. The summed E-state index contributed by atoms with van der Waals surface area (Å²) in [4.78, 5) is 2.62. The average molecular weight is 274 g/mol. The standard InChI is InChI=1S/C17H26N2O/c1-2-20-16-5-3-4-15(12-16)13-19-11-8-17(14-19)6-9-18-10-7-17/h3-5,12,18H,2,6-11,13-14H2,1H3. The summed E-state index contributed by atoms with van der Waals surface area (Å²) in [6.07, 6.45) is 4.07. The zero-order chi connectivity index (χ0) is 13.8. The molecule has 2 saturated heterocycles. The summed E-state index contributed by atoms with van der Waals surface area (Å²) in [6, 6.07) is 8.56. The van der Waals surface area contributed by atoms with Crippen molar-refractivity contribution in [1.29, 1.82) is 0 Å². The minimum absolute atomic E-state index is 0.600. The van der Waals surface area contributed by atoms with E-state index in [0.717, 1.165) is 18.9 Å². The fraction of sp³-hybridized carbons (Fsp3) is 0.647. The van der Waals surface area contributed by atoms with Crippen molar-refractivity contribution in [2.24, 2.45) is 5.41 Å². The number of hydrogen-bond donors (Lipinski definition) is 1. The molecule has 2 heterocycles. The van der Waals surface area contributed by atoms with Crippen LogP contribution in [0.5, 0.6) is 5.75 Å². The Morgan fingerprint density at radius 1 is 1.25 bits per heavy atom. The Bertz CT molecular complexity index is 440. The van der Waals surface area contributed by atoms with E-state index in [9.17, 15) is 0 Å². The minimum atomic E-state index is 0.600. The summed E-state index contributed by atoms with van der Waals surface area (Å²) in [5.74, 6) is 1.00. The van der Waals surface area contributed by atoms with Gasteiger partial charge in [0, 0.05) is 13.1 Å². The van der Waals surface area contributed by atoms with Crippen molar-refractivity contribution < 1.29 is 4.74 Å². The molecule has 1 aromatic carbocycles. The topological polar surface area (TPSA) is 24.5 Å². The van der Waals surface area contributed by atoms with Crippen molar-refractivity contribution in [2.75, 3.05) is 32.8 Å². The highest BCUT2D eigenvalue weighted by Crippen LogP contribution is 2.39. The third kappa shape index (κ3) is 3.15. The van der Waals surface area contributed by atoms with Gasteiger partial charge in [0.25, 0.3) is 0 Å². The van der Waals surface area contributed by atoms with Crippen molar-refractivity contribution in [3.63, 3.8) is 0 Å². The Hall–Kier alpha value is -1.06. The number of nitrogens with zero attached hydrogens (tertiary/aromatic N) is 1. The number of piperidine rings is 1. The lowest BCUT2D eigenvalue weighted by Crippen LogP contribution is -2.38. The first-order chi connectivity index (χ1) is 9.80. The van der Waals surface area contributed by atoms with E-state index in [-0.39, 0.29) is 0 Å². The Balaban J connectivity index is 1.60. The van der Waals surface area contributed by atoms with Crippen LogP contribution in [-0.2, 0) is 6.54 Å². The minimum Gasteiger partial charge on any atom is -0.494 e. The molecular weight excluding hydrogens is 248 g/mol. The van der Waals surface area contributed by atoms with Crippen LogP contribution >= 0.6 is 0 Å². The molecule has 0 atom stereocenters. The van der Waals surface area contributed by atoms with E-state index >= 15 is 0 Å². The number of benzene rings is 1. The van der Waals surface area contributed by atoms with E-state index in [1.54, 1.807) is 0 Å². The first-order valence-electron chi connectivity index (χ1n) is 7.94. The molecule has 0 saturated carbocycles. The van der Waals surface area contributed by atoms with Gasteiger partial charge in [0.15, 0.2) is 0 Å². The van der Waals surface area contributed by atoms with Crippen LogP contribution in [0.3, 0.4) is 0 Å². The van der Waals surface area contributed by atoms with Crippen LogP contribution in [0.4, 0.5) is 0 Å². The Kier molecular flexibility index (Phi) is 4.27. The molecule has 3 rings (SSSR count). The summed E-state index contributed by atoms with van der Waals surface area (Å²) < 4.78 is 5.59. The number of nitrogens with one attached hydrogen (secondary N) is 1. The lowest BCUT2D eigenvalue weighted by Gasteiger charge is -2.34. The van der Waals surface area contributed by atoms with Gasteiger partial charge in [0.2, 0.25) is 0 Å². The van der Waals surface area contributed by atoms with E-state index < -0.39 is 0 Å². The molecule has 0 radical (unpaired) electrons. The zero-order valence-electron chi connectivity index (χ0n) is 12.5. The second-order valence-electron chi connectivity index (χ2n) is 6.29. The molecule has 3 heteroatoms. The quantitative estimate of drug-likeness (QED) is 0.913. The molecule has 2 aliphatic heterocycles. The van der Waals surface area contributed by atoms with Crippen LogP contribution in [0.2, 0.25) is 0 Å². The first-order valence-corrected chi connectivity index (χ1v) is 7.94. The van der Waals surface area contributed by atoms with Crippen LogP contribution in [-0.4, -0.2) is 37.7 Å². The second-order valence-corrected chi connectivity index (χ2v) is 6.29. The molecule has 3 nitrogen and oxygen atoms in total. The molecular formula is C17H26N2O. The highest BCUT2D eigenvalue weighted by molar-refractivity contribution is 5.28. The number of ether oxygens (including phenoxy) is 1. The summed E-state index contributed by atoms with van der Waals surface area (Å²) in [5, 5.41) is 3.49. The Labute approximate surface area is 122 Å². The normalized spacial score (nSPS) is 22.2. The van der Waals surface area contributed by atoms with E-state index in [1.165, 1.54) is 51.0 Å². The highest BCUT2D eigenvalue weighted by atomic mass is 16.5. The third-order valence-electron chi connectivity index (χ3n) is 4.80. The lowest BCUT2D eigenvalue weighted by atomic mass is 9.78. The Morgan fingerprint density at radius 2 is 2.10 bits per heavy atom. The van der Waals surface area contributed by atoms with Gasteiger partial charge >= 0.3 is 0 Å². The molecule has 0 bridgehead atoms. The van der Waals surface area contributed by atoms with Gasteiger partial charge in [-0.1, -0.05) is 12.1 Å². The summed E-state index contributed by atoms with van der Waals surface area (Å²) in [6.45, 7) is 8.76. The maximum Gasteiger partial charge on any atom is 0.119 e. The molecule has 20 heavy (non-hydrogen) atoms. The van der Waals surface area contributed by atoms with Crippen molar-refractivity contribution >= 4 is 0 Å². The van der Waals surface area contributed by atoms with Gasteiger partial charge < -0.3 is 10.1 Å². The van der Waals surface area contributed by atoms with E-state index in [1.807, 2.05) is 13.0 Å². The van der Waals surface area contributed by atoms with Gasteiger partial charge in [-0.15, -0.1) is 0 Å². The molecule has 0 aromatic heterocycles. The van der Waals surface area contributed by atoms with Crippen molar-refractivity contribution in [1.82, 2.24) is 10.2 Å². The van der Waals surface area contributed by atoms with Crippen LogP contribution in [0.1, 0.15) is 31.7 Å². The predicted molar refractivity (Wildman–Crippen MR) is 82.0 cm³/mol. The predicted octanol–water partition coefficient (Wildman–Crippen LogP) is 2.66. The molecule has 0 amide bonds. The van der Waals surface area contributed by atoms with Gasteiger partial charge in [-0.05, 0) is 68.9 Å². The highest BCUT2D eigenvalue weighted by Gasteiger charge is 2.38. The smallest absolute Gasteiger partial charge is 0.119 e. The molecule has 1 N–H and O–H groups in total. The Morgan fingerprint density at radius 3 is 2.90 bits per heavy atom. The molecule has 2 fully saturated rings. The number of rotatable bonds is 4. The summed E-state index contributed by atoms with van der Waals surface area (Å²) >= 11 is 0. The van der Waals surface area contributed by atoms with E-state index in [2.05, 4.69) is 28.4 Å². The first kappa shape index (κ1) is 13.9. The van der Waals surface area contributed by atoms with E-state index in [0.29, 0.717) is 5.41 Å². The number of likely N-dealkylation sites (tertiary alicyclic amines) is 1. The van der Waals surface area contributed by atoms with Crippen LogP contribution in [0.25, 0.3) is 0 Å². The summed E-state index contributed by atoms with van der Waals surface area (Å²) in [5.41, 5.74) is 1.98.